The molecule has 0 aliphatic carbocycles. The molecule has 0 spiro atoms. The predicted octanol–water partition coefficient (Wildman–Crippen LogP) is 2.47. The molecule has 0 radical (unpaired) electrons. The number of methoxy groups -OCH3 is 1. The topological polar surface area (TPSA) is 39.9 Å². The molecule has 0 aliphatic rings. The molecular weight excluding hydrogens is 257 g/mol. The summed E-state index contributed by atoms with van der Waals surface area (Å²) in [4.78, 5) is 0. The van der Waals surface area contributed by atoms with Gasteiger partial charge in [0.25, 0.3) is 0 Å². The molecule has 1 heterocycles. The molecule has 0 fully saturated rings. The fourth-order valence-electron chi connectivity index (χ4n) is 1.69. The van der Waals surface area contributed by atoms with Gasteiger partial charge in [-0.2, -0.15) is 0 Å². The van der Waals surface area contributed by atoms with E-state index in [1.54, 1.807) is 29.9 Å². The van der Waals surface area contributed by atoms with Crippen LogP contribution in [0.15, 0.2) is 24.3 Å². The SMILES string of the molecule is COCCn1c(CCl)nnc1-c1ccccc1F. The summed E-state index contributed by atoms with van der Waals surface area (Å²) in [6.07, 6.45) is 0. The largest absolute Gasteiger partial charge is 0.383 e. The number of ether oxygens (including phenoxy) is 1. The van der Waals surface area contributed by atoms with Crippen molar-refractivity contribution in [1.29, 1.82) is 0 Å². The second-order valence-corrected chi connectivity index (χ2v) is 3.97. The fraction of sp³-hybridized carbons (Fsp3) is 0.333. The van der Waals surface area contributed by atoms with Gasteiger partial charge in [-0.05, 0) is 12.1 Å². The van der Waals surface area contributed by atoms with Crippen LogP contribution in [-0.2, 0) is 17.2 Å². The highest BCUT2D eigenvalue weighted by molar-refractivity contribution is 6.16. The Morgan fingerprint density at radius 3 is 2.78 bits per heavy atom. The predicted molar refractivity (Wildman–Crippen MR) is 66.8 cm³/mol. The van der Waals surface area contributed by atoms with Gasteiger partial charge in [-0.15, -0.1) is 21.8 Å². The Bertz CT molecular complexity index is 530. The van der Waals surface area contributed by atoms with E-state index >= 15 is 0 Å². The third kappa shape index (κ3) is 2.52. The first-order valence-corrected chi connectivity index (χ1v) is 6.03. The first kappa shape index (κ1) is 13.0. The van der Waals surface area contributed by atoms with E-state index in [9.17, 15) is 4.39 Å². The molecule has 1 aromatic heterocycles. The van der Waals surface area contributed by atoms with Crippen LogP contribution in [0.3, 0.4) is 0 Å². The molecule has 18 heavy (non-hydrogen) atoms. The number of nitrogens with zero attached hydrogens (tertiary/aromatic N) is 3. The average Bonchev–Trinajstić information content (AvgIpc) is 2.79. The van der Waals surface area contributed by atoms with E-state index in [0.717, 1.165) is 0 Å². The number of rotatable bonds is 5. The normalized spacial score (nSPS) is 10.8. The zero-order chi connectivity index (χ0) is 13.0. The molecule has 2 rings (SSSR count). The molecule has 0 amide bonds. The zero-order valence-electron chi connectivity index (χ0n) is 9.94. The Kier molecular flexibility index (Phi) is 4.28. The number of hydrogen-bond donors (Lipinski definition) is 0. The monoisotopic (exact) mass is 269 g/mol. The Hall–Kier alpha value is -1.46. The molecule has 0 aliphatic heterocycles. The van der Waals surface area contributed by atoms with Crippen LogP contribution >= 0.6 is 11.6 Å². The molecule has 6 heteroatoms. The van der Waals surface area contributed by atoms with Gasteiger partial charge >= 0.3 is 0 Å². The number of hydrogen-bond acceptors (Lipinski definition) is 3. The maximum atomic E-state index is 13.7. The minimum atomic E-state index is -0.329. The number of alkyl halides is 1. The number of benzene rings is 1. The van der Waals surface area contributed by atoms with E-state index in [4.69, 9.17) is 16.3 Å². The number of aromatic nitrogens is 3. The van der Waals surface area contributed by atoms with E-state index < -0.39 is 0 Å². The third-order valence-electron chi connectivity index (χ3n) is 2.58. The van der Waals surface area contributed by atoms with Gasteiger partial charge in [0.05, 0.1) is 18.1 Å². The van der Waals surface area contributed by atoms with E-state index in [1.165, 1.54) is 6.07 Å². The van der Waals surface area contributed by atoms with Gasteiger partial charge in [0, 0.05) is 13.7 Å². The summed E-state index contributed by atoms with van der Waals surface area (Å²) in [5, 5.41) is 7.97. The summed E-state index contributed by atoms with van der Waals surface area (Å²) in [6, 6.07) is 6.46. The highest BCUT2D eigenvalue weighted by Gasteiger charge is 2.15. The summed E-state index contributed by atoms with van der Waals surface area (Å²) in [7, 11) is 1.60. The van der Waals surface area contributed by atoms with Crippen molar-refractivity contribution in [2.24, 2.45) is 0 Å². The van der Waals surface area contributed by atoms with Crippen molar-refractivity contribution in [3.8, 4) is 11.4 Å². The molecule has 0 atom stereocenters. The lowest BCUT2D eigenvalue weighted by atomic mass is 10.2. The van der Waals surface area contributed by atoms with Crippen LogP contribution in [-0.4, -0.2) is 28.5 Å². The minimum absolute atomic E-state index is 0.227. The van der Waals surface area contributed by atoms with Gasteiger partial charge in [0.15, 0.2) is 5.82 Å². The highest BCUT2D eigenvalue weighted by Crippen LogP contribution is 2.22. The maximum absolute atomic E-state index is 13.7. The van der Waals surface area contributed by atoms with Crippen LogP contribution in [0, 0.1) is 5.82 Å². The molecule has 1 aromatic carbocycles. The first-order chi connectivity index (χ1) is 8.77. The van der Waals surface area contributed by atoms with Crippen LogP contribution in [0.1, 0.15) is 5.82 Å². The lowest BCUT2D eigenvalue weighted by Gasteiger charge is -2.09. The van der Waals surface area contributed by atoms with Crippen molar-refractivity contribution in [3.63, 3.8) is 0 Å². The van der Waals surface area contributed by atoms with Crippen molar-refractivity contribution in [2.45, 2.75) is 12.4 Å². The van der Waals surface area contributed by atoms with Crippen molar-refractivity contribution in [3.05, 3.63) is 35.9 Å². The van der Waals surface area contributed by atoms with Crippen LogP contribution < -0.4 is 0 Å². The molecule has 0 saturated heterocycles. The highest BCUT2D eigenvalue weighted by atomic mass is 35.5. The summed E-state index contributed by atoms with van der Waals surface area (Å²) in [5.41, 5.74) is 0.414. The van der Waals surface area contributed by atoms with E-state index in [1.807, 2.05) is 0 Å². The molecule has 0 unspecified atom stereocenters. The van der Waals surface area contributed by atoms with Gasteiger partial charge in [0.2, 0.25) is 0 Å². The van der Waals surface area contributed by atoms with Gasteiger partial charge in [-0.1, -0.05) is 12.1 Å². The Morgan fingerprint density at radius 2 is 2.11 bits per heavy atom. The molecule has 0 saturated carbocycles. The Morgan fingerprint density at radius 1 is 1.33 bits per heavy atom. The minimum Gasteiger partial charge on any atom is -0.383 e. The second-order valence-electron chi connectivity index (χ2n) is 3.70. The lowest BCUT2D eigenvalue weighted by Crippen LogP contribution is -2.09. The van der Waals surface area contributed by atoms with Crippen LogP contribution in [0.4, 0.5) is 4.39 Å². The van der Waals surface area contributed by atoms with Crippen LogP contribution in [0.25, 0.3) is 11.4 Å². The standard InChI is InChI=1S/C12H13ClFN3O/c1-18-7-6-17-11(8-13)15-16-12(17)9-4-2-3-5-10(9)14/h2-5H,6-8H2,1H3. The van der Waals surface area contributed by atoms with Crippen molar-refractivity contribution >= 4 is 11.6 Å². The van der Waals surface area contributed by atoms with Crippen LogP contribution in [0.5, 0.6) is 0 Å². The maximum Gasteiger partial charge on any atom is 0.167 e. The van der Waals surface area contributed by atoms with Crippen molar-refractivity contribution < 1.29 is 9.13 Å². The van der Waals surface area contributed by atoms with E-state index in [0.29, 0.717) is 30.4 Å². The van der Waals surface area contributed by atoms with Gasteiger partial charge < -0.3 is 9.30 Å². The molecular formula is C12H13ClFN3O. The third-order valence-corrected chi connectivity index (χ3v) is 2.82. The zero-order valence-corrected chi connectivity index (χ0v) is 10.7. The molecule has 2 aromatic rings. The van der Waals surface area contributed by atoms with Gasteiger partial charge in [-0.25, -0.2) is 4.39 Å². The van der Waals surface area contributed by atoms with Crippen LogP contribution in [0.2, 0.25) is 0 Å². The molecule has 0 bridgehead atoms. The van der Waals surface area contributed by atoms with E-state index in [2.05, 4.69) is 10.2 Å². The molecule has 0 N–H and O–H groups in total. The second kappa shape index (κ2) is 5.93. The first-order valence-electron chi connectivity index (χ1n) is 5.49. The smallest absolute Gasteiger partial charge is 0.167 e. The van der Waals surface area contributed by atoms with Crippen molar-refractivity contribution in [2.75, 3.05) is 13.7 Å². The summed E-state index contributed by atoms with van der Waals surface area (Å²) in [6.45, 7) is 1.03. The Labute approximate surface area is 109 Å². The van der Waals surface area contributed by atoms with E-state index in [-0.39, 0.29) is 11.7 Å². The van der Waals surface area contributed by atoms with Gasteiger partial charge in [-0.3, -0.25) is 0 Å². The number of halogens is 2. The fourth-order valence-corrected chi connectivity index (χ4v) is 1.89. The van der Waals surface area contributed by atoms with Gasteiger partial charge in [0.1, 0.15) is 11.6 Å². The summed E-state index contributed by atoms with van der Waals surface area (Å²) < 4.78 is 20.5. The quantitative estimate of drug-likeness (QED) is 0.783. The summed E-state index contributed by atoms with van der Waals surface area (Å²) >= 11 is 5.79. The Balaban J connectivity index is 2.44. The molecule has 4 nitrogen and oxygen atoms in total. The summed E-state index contributed by atoms with van der Waals surface area (Å²) in [5.74, 6) is 0.975. The average molecular weight is 270 g/mol. The lowest BCUT2D eigenvalue weighted by molar-refractivity contribution is 0.187. The van der Waals surface area contributed by atoms with Crippen molar-refractivity contribution in [1.82, 2.24) is 14.8 Å². The molecule has 96 valence electrons.